The van der Waals surface area contributed by atoms with E-state index in [2.05, 4.69) is 70.8 Å². The minimum absolute atomic E-state index is 0.0635. The van der Waals surface area contributed by atoms with Gasteiger partial charge in [-0.3, -0.25) is 9.13 Å². The van der Waals surface area contributed by atoms with Crippen LogP contribution < -0.4 is 15.7 Å². The second-order valence-electron chi connectivity index (χ2n) is 12.2. The number of nitrogens with one attached hydrogen (secondary N) is 1. The number of aromatic nitrogens is 5. The summed E-state index contributed by atoms with van der Waals surface area (Å²) in [5, 5.41) is 8.28. The number of ether oxygens (including phenoxy) is 1. The fraction of sp³-hybridized carbons (Fsp3) is 0.581. The van der Waals surface area contributed by atoms with Crippen molar-refractivity contribution < 1.29 is 4.74 Å². The number of pyridine rings is 1. The zero-order valence-corrected chi connectivity index (χ0v) is 24.5. The predicted molar refractivity (Wildman–Crippen MR) is 159 cm³/mol. The Morgan fingerprint density at radius 2 is 1.62 bits per heavy atom. The van der Waals surface area contributed by atoms with E-state index in [0.717, 1.165) is 47.8 Å². The molecule has 2 fully saturated rings. The maximum Gasteiger partial charge on any atom is 0.329 e. The monoisotopic (exact) mass is 545 g/mol. The molecular weight excluding hydrogens is 502 g/mol. The van der Waals surface area contributed by atoms with E-state index >= 15 is 0 Å². The quantitative estimate of drug-likeness (QED) is 0.350. The van der Waals surface area contributed by atoms with Gasteiger partial charge >= 0.3 is 5.69 Å². The van der Waals surface area contributed by atoms with Gasteiger partial charge in [0.1, 0.15) is 6.33 Å². The fourth-order valence-corrected chi connectivity index (χ4v) is 6.89. The van der Waals surface area contributed by atoms with Gasteiger partial charge in [-0.15, -0.1) is 0 Å². The second-order valence-corrected chi connectivity index (χ2v) is 12.2. The van der Waals surface area contributed by atoms with E-state index in [9.17, 15) is 4.79 Å². The Morgan fingerprint density at radius 3 is 2.30 bits per heavy atom. The summed E-state index contributed by atoms with van der Waals surface area (Å²) in [6.07, 6.45) is 10.2. The van der Waals surface area contributed by atoms with Crippen LogP contribution in [0.2, 0.25) is 0 Å². The molecule has 0 amide bonds. The number of benzene rings is 1. The van der Waals surface area contributed by atoms with Gasteiger partial charge in [-0.1, -0.05) is 6.07 Å². The highest BCUT2D eigenvalue weighted by molar-refractivity contribution is 5.83. The summed E-state index contributed by atoms with van der Waals surface area (Å²) in [6, 6.07) is 10.5. The van der Waals surface area contributed by atoms with Crippen LogP contribution in [0.1, 0.15) is 78.3 Å². The average molecular weight is 546 g/mol. The van der Waals surface area contributed by atoms with Crippen molar-refractivity contribution in [1.29, 1.82) is 0 Å². The Hall–Kier alpha value is -3.17. The highest BCUT2D eigenvalue weighted by atomic mass is 16.5. The van der Waals surface area contributed by atoms with Crippen molar-refractivity contribution >= 4 is 16.7 Å². The van der Waals surface area contributed by atoms with Gasteiger partial charge in [-0.2, -0.15) is 5.10 Å². The number of likely N-dealkylation sites (tertiary alicyclic amines) is 1. The van der Waals surface area contributed by atoms with Crippen LogP contribution in [0, 0.1) is 0 Å². The van der Waals surface area contributed by atoms with Crippen molar-refractivity contribution in [3.63, 3.8) is 0 Å². The van der Waals surface area contributed by atoms with Crippen LogP contribution >= 0.6 is 0 Å². The Bertz CT molecular complexity index is 1530. The van der Waals surface area contributed by atoms with Gasteiger partial charge < -0.3 is 15.0 Å². The van der Waals surface area contributed by atoms with Crippen LogP contribution in [0.25, 0.3) is 27.8 Å². The lowest BCUT2D eigenvalue weighted by Gasteiger charge is -2.38. The molecule has 1 aliphatic carbocycles. The molecule has 3 aromatic heterocycles. The third-order valence-corrected chi connectivity index (χ3v) is 9.11. The molecule has 1 N–H and O–H groups in total. The Kier molecular flexibility index (Phi) is 7.44. The van der Waals surface area contributed by atoms with Crippen LogP contribution in [-0.4, -0.2) is 67.0 Å². The highest BCUT2D eigenvalue weighted by Crippen LogP contribution is 2.34. The molecule has 0 atom stereocenters. The molecule has 1 aromatic carbocycles. The molecule has 0 radical (unpaired) electrons. The summed E-state index contributed by atoms with van der Waals surface area (Å²) in [4.78, 5) is 20.7. The van der Waals surface area contributed by atoms with E-state index in [0.29, 0.717) is 29.5 Å². The van der Waals surface area contributed by atoms with Crippen molar-refractivity contribution in [3.8, 4) is 16.9 Å². The summed E-state index contributed by atoms with van der Waals surface area (Å²) < 4.78 is 11.4. The van der Waals surface area contributed by atoms with Gasteiger partial charge in [0, 0.05) is 42.0 Å². The standard InChI is InChI=1S/C31H43N7O2/c1-20(2)35-14-12-25(13-15-35)34-24-7-9-26(10-8-24)38-27-11-6-22(16-28(27)37(21(3)4)31(38)39)23-17-29(40-5)30-32-19-33-36(30)18-23/h6,11,16-21,24-26,34H,7-10,12-15H2,1-5H3. The lowest BCUT2D eigenvalue weighted by atomic mass is 9.89. The summed E-state index contributed by atoms with van der Waals surface area (Å²) in [5.41, 5.74) is 4.78. The first-order valence-corrected chi connectivity index (χ1v) is 15.0. The molecule has 2 aliphatic rings. The lowest BCUT2D eigenvalue weighted by Crippen LogP contribution is -2.48. The summed E-state index contributed by atoms with van der Waals surface area (Å²) in [6.45, 7) is 11.2. The Labute approximate surface area is 236 Å². The van der Waals surface area contributed by atoms with E-state index in [-0.39, 0.29) is 17.8 Å². The zero-order valence-electron chi connectivity index (χ0n) is 24.5. The molecule has 9 heteroatoms. The lowest BCUT2D eigenvalue weighted by molar-refractivity contribution is 0.149. The van der Waals surface area contributed by atoms with Gasteiger partial charge in [0.05, 0.1) is 18.1 Å². The first kappa shape index (κ1) is 27.0. The largest absolute Gasteiger partial charge is 0.493 e. The smallest absolute Gasteiger partial charge is 0.329 e. The molecule has 1 aliphatic heterocycles. The van der Waals surface area contributed by atoms with Crippen molar-refractivity contribution in [3.05, 3.63) is 47.3 Å². The number of methoxy groups -OCH3 is 1. The summed E-state index contributed by atoms with van der Waals surface area (Å²) >= 11 is 0. The molecule has 9 nitrogen and oxygen atoms in total. The van der Waals surface area contributed by atoms with Crippen LogP contribution in [0.15, 0.2) is 41.6 Å². The van der Waals surface area contributed by atoms with Gasteiger partial charge in [-0.05, 0) is 103 Å². The van der Waals surface area contributed by atoms with E-state index in [1.807, 2.05) is 16.8 Å². The van der Waals surface area contributed by atoms with Crippen molar-refractivity contribution in [1.82, 2.24) is 33.9 Å². The number of hydrogen-bond acceptors (Lipinski definition) is 6. The number of hydrogen-bond donors (Lipinski definition) is 1. The Balaban J connectivity index is 1.24. The van der Waals surface area contributed by atoms with Crippen LogP contribution in [0.4, 0.5) is 0 Å². The number of rotatable bonds is 7. The third-order valence-electron chi connectivity index (χ3n) is 9.11. The molecule has 214 valence electrons. The van der Waals surface area contributed by atoms with Gasteiger partial charge in [0.25, 0.3) is 0 Å². The zero-order chi connectivity index (χ0) is 28.0. The molecular formula is C31H43N7O2. The van der Waals surface area contributed by atoms with E-state index in [4.69, 9.17) is 4.74 Å². The molecule has 1 saturated heterocycles. The molecule has 0 bridgehead atoms. The van der Waals surface area contributed by atoms with Gasteiger partial charge in [0.2, 0.25) is 0 Å². The number of imidazole rings is 1. The topological polar surface area (TPSA) is 81.6 Å². The summed E-state index contributed by atoms with van der Waals surface area (Å²) in [5.74, 6) is 0.671. The summed E-state index contributed by atoms with van der Waals surface area (Å²) in [7, 11) is 1.65. The molecule has 4 heterocycles. The molecule has 0 unspecified atom stereocenters. The first-order valence-electron chi connectivity index (χ1n) is 15.0. The van der Waals surface area contributed by atoms with Crippen LogP contribution in [0.5, 0.6) is 5.75 Å². The second kappa shape index (κ2) is 11.0. The van der Waals surface area contributed by atoms with Gasteiger partial charge in [-0.25, -0.2) is 14.3 Å². The van der Waals surface area contributed by atoms with E-state index in [1.165, 1.54) is 32.3 Å². The minimum atomic E-state index is 0.0635. The maximum absolute atomic E-state index is 13.9. The minimum Gasteiger partial charge on any atom is -0.493 e. The first-order chi connectivity index (χ1) is 19.3. The molecule has 1 saturated carbocycles. The van der Waals surface area contributed by atoms with Crippen LogP contribution in [0.3, 0.4) is 0 Å². The van der Waals surface area contributed by atoms with Crippen molar-refractivity contribution in [2.75, 3.05) is 20.2 Å². The maximum atomic E-state index is 13.9. The average Bonchev–Trinajstić information content (AvgIpc) is 3.54. The van der Waals surface area contributed by atoms with Gasteiger partial charge in [0.15, 0.2) is 11.4 Å². The Morgan fingerprint density at radius 1 is 0.900 bits per heavy atom. The van der Waals surface area contributed by atoms with E-state index < -0.39 is 0 Å². The molecule has 0 spiro atoms. The van der Waals surface area contributed by atoms with Crippen molar-refractivity contribution in [2.24, 2.45) is 0 Å². The molecule has 6 rings (SSSR count). The van der Waals surface area contributed by atoms with Crippen LogP contribution in [-0.2, 0) is 0 Å². The third kappa shape index (κ3) is 4.94. The normalized spacial score (nSPS) is 21.3. The predicted octanol–water partition coefficient (Wildman–Crippen LogP) is 5.05. The SMILES string of the molecule is COc1cc(-c2ccc3c(c2)n(C(C)C)c(=O)n3C2CCC(NC3CCN(C(C)C)CC3)CC2)cn2ncnc12. The molecule has 4 aromatic rings. The fourth-order valence-electron chi connectivity index (χ4n) is 6.89. The highest BCUT2D eigenvalue weighted by Gasteiger charge is 2.29. The number of fused-ring (bicyclic) bond motifs is 2. The number of piperidine rings is 1. The van der Waals surface area contributed by atoms with Crippen molar-refractivity contribution in [2.45, 2.75) is 96.4 Å². The number of nitrogens with zero attached hydrogens (tertiary/aromatic N) is 6. The van der Waals surface area contributed by atoms with E-state index in [1.54, 1.807) is 11.6 Å². The molecule has 40 heavy (non-hydrogen) atoms.